The van der Waals surface area contributed by atoms with Crippen molar-refractivity contribution in [3.8, 4) is 17.5 Å². The van der Waals surface area contributed by atoms with Crippen LogP contribution in [0.1, 0.15) is 44.2 Å². The van der Waals surface area contributed by atoms with E-state index in [0.29, 0.717) is 17.9 Å². The van der Waals surface area contributed by atoms with E-state index >= 15 is 8.78 Å². The number of carbonyl (C=O) groups excluding carboxylic acids is 1. The van der Waals surface area contributed by atoms with Crippen LogP contribution in [0.5, 0.6) is 0 Å². The molecule has 7 nitrogen and oxygen atoms in total. The number of aromatic amines is 1. The summed E-state index contributed by atoms with van der Waals surface area (Å²) in [5, 5.41) is 23.7. The molecule has 4 atom stereocenters. The van der Waals surface area contributed by atoms with Gasteiger partial charge in [-0.15, -0.1) is 0 Å². The highest BCUT2D eigenvalue weighted by atomic mass is 35.5. The Kier molecular flexibility index (Phi) is 8.08. The summed E-state index contributed by atoms with van der Waals surface area (Å²) in [4.78, 5) is 18.1. The molecule has 42 heavy (non-hydrogen) atoms. The quantitative estimate of drug-likeness (QED) is 0.218. The molecule has 5 rings (SSSR count). The molecule has 4 aromatic rings. The van der Waals surface area contributed by atoms with E-state index in [4.69, 9.17) is 23.2 Å². The summed E-state index contributed by atoms with van der Waals surface area (Å²) in [5.74, 6) is -2.60. The SMILES string of the molecule is CC(C)(C)CC1N[C@@H](C(=O)Nc2ccc(-c3ncn[nH]3)cc2)C(c2cccc(Cl)c2F)[C@@]1(C#N)c1ccc(Cl)cc1F. The van der Waals surface area contributed by atoms with Gasteiger partial charge in [0.1, 0.15) is 23.4 Å². The molecular weight excluding hydrogens is 581 g/mol. The van der Waals surface area contributed by atoms with Gasteiger partial charge < -0.3 is 10.6 Å². The average Bonchev–Trinajstić information content (AvgIpc) is 3.57. The number of carbonyl (C=O) groups is 1. The molecule has 2 heterocycles. The lowest BCUT2D eigenvalue weighted by Crippen LogP contribution is -2.45. The first-order chi connectivity index (χ1) is 19.9. The van der Waals surface area contributed by atoms with E-state index < -0.39 is 41.0 Å². The van der Waals surface area contributed by atoms with Crippen LogP contribution in [-0.2, 0) is 10.2 Å². The lowest BCUT2D eigenvalue weighted by molar-refractivity contribution is -0.118. The monoisotopic (exact) mass is 608 g/mol. The van der Waals surface area contributed by atoms with Crippen molar-refractivity contribution in [1.82, 2.24) is 20.5 Å². The van der Waals surface area contributed by atoms with Crippen LogP contribution in [0.15, 0.2) is 67.0 Å². The number of nitriles is 1. The molecule has 0 bridgehead atoms. The Morgan fingerprint density at radius 3 is 2.48 bits per heavy atom. The number of amides is 1. The third-order valence-corrected chi connectivity index (χ3v) is 8.10. The van der Waals surface area contributed by atoms with Crippen LogP contribution < -0.4 is 10.6 Å². The molecule has 3 N–H and O–H groups in total. The van der Waals surface area contributed by atoms with Crippen molar-refractivity contribution >= 4 is 34.8 Å². The molecular formula is C31H28Cl2F2N6O. The molecule has 1 amide bonds. The van der Waals surface area contributed by atoms with Crippen LogP contribution in [-0.4, -0.2) is 33.2 Å². The summed E-state index contributed by atoms with van der Waals surface area (Å²) >= 11 is 12.3. The smallest absolute Gasteiger partial charge is 0.242 e. The lowest BCUT2D eigenvalue weighted by atomic mass is 9.62. The van der Waals surface area contributed by atoms with E-state index in [9.17, 15) is 10.1 Å². The Balaban J connectivity index is 1.64. The fourth-order valence-corrected chi connectivity index (χ4v) is 6.17. The van der Waals surface area contributed by atoms with E-state index in [1.165, 1.54) is 30.6 Å². The van der Waals surface area contributed by atoms with Gasteiger partial charge in [-0.1, -0.05) is 62.2 Å². The molecule has 0 saturated carbocycles. The predicted molar refractivity (Wildman–Crippen MR) is 158 cm³/mol. The molecule has 11 heteroatoms. The Morgan fingerprint density at radius 1 is 1.12 bits per heavy atom. The first-order valence-corrected chi connectivity index (χ1v) is 14.0. The fraction of sp³-hybridized carbons (Fsp3) is 0.290. The van der Waals surface area contributed by atoms with Gasteiger partial charge in [-0.05, 0) is 59.9 Å². The average molecular weight is 610 g/mol. The Labute approximate surface area is 252 Å². The maximum Gasteiger partial charge on any atom is 0.242 e. The number of benzene rings is 3. The van der Waals surface area contributed by atoms with E-state index in [-0.39, 0.29) is 26.6 Å². The van der Waals surface area contributed by atoms with E-state index in [2.05, 4.69) is 31.9 Å². The van der Waals surface area contributed by atoms with Gasteiger partial charge in [0.05, 0.1) is 17.1 Å². The number of aromatic nitrogens is 3. The summed E-state index contributed by atoms with van der Waals surface area (Å²) in [6.45, 7) is 5.94. The minimum Gasteiger partial charge on any atom is -0.325 e. The van der Waals surface area contributed by atoms with E-state index in [0.717, 1.165) is 11.6 Å². The normalized spacial score (nSPS) is 22.1. The summed E-state index contributed by atoms with van der Waals surface area (Å²) in [6, 6.07) is 15.9. The third-order valence-electron chi connectivity index (χ3n) is 7.57. The third kappa shape index (κ3) is 5.50. The lowest BCUT2D eigenvalue weighted by Gasteiger charge is -2.37. The highest BCUT2D eigenvalue weighted by molar-refractivity contribution is 6.31. The topological polar surface area (TPSA) is 106 Å². The van der Waals surface area contributed by atoms with Crippen LogP contribution in [0.4, 0.5) is 14.5 Å². The molecule has 3 aromatic carbocycles. The zero-order valence-electron chi connectivity index (χ0n) is 23.1. The Hall–Kier alpha value is -3.84. The fourth-order valence-electron chi connectivity index (χ4n) is 5.83. The van der Waals surface area contributed by atoms with Crippen molar-refractivity contribution in [2.24, 2.45) is 5.41 Å². The Bertz CT molecular complexity index is 1650. The van der Waals surface area contributed by atoms with Gasteiger partial charge in [0, 0.05) is 33.8 Å². The molecule has 1 aliphatic heterocycles. The zero-order chi connectivity index (χ0) is 30.2. The second-order valence-corrected chi connectivity index (χ2v) is 12.4. The van der Waals surface area contributed by atoms with Crippen LogP contribution >= 0.6 is 23.2 Å². The van der Waals surface area contributed by atoms with Crippen molar-refractivity contribution in [3.05, 3.63) is 99.8 Å². The number of hydrogen-bond acceptors (Lipinski definition) is 5. The maximum atomic E-state index is 15.8. The van der Waals surface area contributed by atoms with E-state index in [1.54, 1.807) is 30.3 Å². The maximum absolute atomic E-state index is 15.8. The van der Waals surface area contributed by atoms with Gasteiger partial charge in [0.2, 0.25) is 5.91 Å². The molecule has 0 radical (unpaired) electrons. The van der Waals surface area contributed by atoms with Crippen molar-refractivity contribution in [3.63, 3.8) is 0 Å². The van der Waals surface area contributed by atoms with Crippen molar-refractivity contribution in [2.75, 3.05) is 5.32 Å². The van der Waals surface area contributed by atoms with Crippen LogP contribution in [0.2, 0.25) is 10.0 Å². The number of H-pyrrole nitrogens is 1. The second kappa shape index (κ2) is 11.4. The van der Waals surface area contributed by atoms with Gasteiger partial charge in [0.15, 0.2) is 5.82 Å². The summed E-state index contributed by atoms with van der Waals surface area (Å²) in [7, 11) is 0. The number of nitrogens with zero attached hydrogens (tertiary/aromatic N) is 3. The number of halogens is 4. The standard InChI is InChI=1S/C31H28Cl2F2N6O/c1-30(2,3)14-24-31(15-36,21-12-9-18(32)13-23(21)34)25(20-5-4-6-22(33)26(20)35)27(40-24)29(42)39-19-10-7-17(8-11-19)28-37-16-38-41-28/h4-13,16,24-25,27,40H,14H2,1-3H3,(H,39,42)(H,37,38,41)/t24?,25?,27-,31+/m1/s1. The van der Waals surface area contributed by atoms with Crippen LogP contribution in [0.25, 0.3) is 11.4 Å². The molecule has 1 aliphatic rings. The minimum atomic E-state index is -1.70. The highest BCUT2D eigenvalue weighted by Crippen LogP contribution is 2.52. The minimum absolute atomic E-state index is 0.0206. The molecule has 0 spiro atoms. The molecule has 1 aromatic heterocycles. The second-order valence-electron chi connectivity index (χ2n) is 11.6. The molecule has 1 fully saturated rings. The number of rotatable bonds is 6. The van der Waals surface area contributed by atoms with Crippen molar-refractivity contribution in [1.29, 1.82) is 5.26 Å². The highest BCUT2D eigenvalue weighted by Gasteiger charge is 2.61. The molecule has 2 unspecified atom stereocenters. The Morgan fingerprint density at radius 2 is 1.86 bits per heavy atom. The summed E-state index contributed by atoms with van der Waals surface area (Å²) < 4.78 is 31.5. The van der Waals surface area contributed by atoms with Gasteiger partial charge in [-0.25, -0.2) is 13.8 Å². The first kappa shape index (κ1) is 29.6. The van der Waals surface area contributed by atoms with Crippen LogP contribution in [0.3, 0.4) is 0 Å². The number of hydrogen-bond donors (Lipinski definition) is 3. The zero-order valence-corrected chi connectivity index (χ0v) is 24.6. The van der Waals surface area contributed by atoms with Crippen molar-refractivity contribution < 1.29 is 13.6 Å². The van der Waals surface area contributed by atoms with Gasteiger partial charge in [-0.2, -0.15) is 10.4 Å². The molecule has 0 aliphatic carbocycles. The number of anilines is 1. The summed E-state index contributed by atoms with van der Waals surface area (Å²) in [6.07, 6.45) is 1.77. The first-order valence-electron chi connectivity index (χ1n) is 13.3. The van der Waals surface area contributed by atoms with Gasteiger partial charge >= 0.3 is 0 Å². The molecule has 216 valence electrons. The van der Waals surface area contributed by atoms with Gasteiger partial charge in [0.25, 0.3) is 0 Å². The van der Waals surface area contributed by atoms with Crippen LogP contribution in [0, 0.1) is 28.4 Å². The van der Waals surface area contributed by atoms with Crippen molar-refractivity contribution in [2.45, 2.75) is 50.6 Å². The largest absolute Gasteiger partial charge is 0.325 e. The molecule has 1 saturated heterocycles. The van der Waals surface area contributed by atoms with E-state index in [1.807, 2.05) is 20.8 Å². The number of nitrogens with one attached hydrogen (secondary N) is 3. The van der Waals surface area contributed by atoms with Gasteiger partial charge in [-0.3, -0.25) is 9.89 Å². The summed E-state index contributed by atoms with van der Waals surface area (Å²) in [5.41, 5.74) is -0.770. The predicted octanol–water partition coefficient (Wildman–Crippen LogP) is 7.02.